The summed E-state index contributed by atoms with van der Waals surface area (Å²) in [5.74, 6) is -0.241. The van der Waals surface area contributed by atoms with Gasteiger partial charge in [-0.15, -0.1) is 0 Å². The number of hydrogen-bond donors (Lipinski definition) is 3. The van der Waals surface area contributed by atoms with Crippen LogP contribution in [0.3, 0.4) is 0 Å². The lowest BCUT2D eigenvalue weighted by Crippen LogP contribution is -2.62. The van der Waals surface area contributed by atoms with Crippen LogP contribution < -0.4 is 20.7 Å². The van der Waals surface area contributed by atoms with Gasteiger partial charge in [0.2, 0.25) is 17.7 Å². The predicted octanol–water partition coefficient (Wildman–Crippen LogP) is 3.18. The SMILES string of the molecule is CC[C@H](C)[C@H](C(=O)NC1C(=O)N[C@@H](CC(C)C)C(=O)NC=Cc2ccc(cc2)O[C@H]1C(C)C)N(C)C. The van der Waals surface area contributed by atoms with Gasteiger partial charge in [-0.25, -0.2) is 0 Å². The third-order valence-corrected chi connectivity index (χ3v) is 6.57. The van der Waals surface area contributed by atoms with E-state index in [0.29, 0.717) is 12.2 Å². The van der Waals surface area contributed by atoms with Gasteiger partial charge in [-0.1, -0.05) is 60.1 Å². The van der Waals surface area contributed by atoms with Crippen molar-refractivity contribution >= 4 is 23.8 Å². The number of nitrogens with one attached hydrogen (secondary N) is 3. The number of carbonyl (C=O) groups excluding carboxylic acids is 3. The van der Waals surface area contributed by atoms with Gasteiger partial charge in [0.1, 0.15) is 23.9 Å². The van der Waals surface area contributed by atoms with Crippen LogP contribution in [0.4, 0.5) is 0 Å². The largest absolute Gasteiger partial charge is 0.487 e. The minimum absolute atomic E-state index is 0.0822. The number of hydrogen-bond acceptors (Lipinski definition) is 5. The van der Waals surface area contributed by atoms with E-state index < -0.39 is 30.1 Å². The molecule has 2 bridgehead atoms. The van der Waals surface area contributed by atoms with Crippen LogP contribution in [0.15, 0.2) is 30.5 Å². The fourth-order valence-electron chi connectivity index (χ4n) is 4.45. The van der Waals surface area contributed by atoms with Crippen LogP contribution in [0.5, 0.6) is 5.75 Å². The van der Waals surface area contributed by atoms with Crippen LogP contribution in [0.2, 0.25) is 0 Å². The number of rotatable bonds is 8. The van der Waals surface area contributed by atoms with E-state index >= 15 is 0 Å². The smallest absolute Gasteiger partial charge is 0.247 e. The Labute approximate surface area is 216 Å². The van der Waals surface area contributed by atoms with Gasteiger partial charge in [0.05, 0.1) is 6.04 Å². The van der Waals surface area contributed by atoms with Gasteiger partial charge in [-0.3, -0.25) is 19.3 Å². The van der Waals surface area contributed by atoms with Gasteiger partial charge < -0.3 is 20.7 Å². The highest BCUT2D eigenvalue weighted by Crippen LogP contribution is 2.22. The number of fused-ring (bicyclic) bond motifs is 10. The number of amides is 3. The quantitative estimate of drug-likeness (QED) is 0.509. The van der Waals surface area contributed by atoms with E-state index in [1.165, 1.54) is 0 Å². The summed E-state index contributed by atoms with van der Waals surface area (Å²) in [5, 5.41) is 8.68. The lowest BCUT2D eigenvalue weighted by atomic mass is 9.94. The molecule has 0 saturated carbocycles. The Hall–Kier alpha value is -2.87. The van der Waals surface area contributed by atoms with E-state index in [-0.39, 0.29) is 29.6 Å². The molecular weight excluding hydrogens is 456 g/mol. The molecule has 1 unspecified atom stereocenters. The summed E-state index contributed by atoms with van der Waals surface area (Å²) >= 11 is 0. The monoisotopic (exact) mass is 500 g/mol. The molecule has 36 heavy (non-hydrogen) atoms. The molecule has 3 N–H and O–H groups in total. The van der Waals surface area contributed by atoms with Crippen molar-refractivity contribution < 1.29 is 19.1 Å². The number of nitrogens with zero attached hydrogens (tertiary/aromatic N) is 1. The van der Waals surface area contributed by atoms with Gasteiger partial charge >= 0.3 is 0 Å². The second kappa shape index (κ2) is 13.4. The van der Waals surface area contributed by atoms with Crippen LogP contribution in [0, 0.1) is 17.8 Å². The molecule has 8 heteroatoms. The average molecular weight is 501 g/mol. The number of likely N-dealkylation sites (N-methyl/N-ethyl adjacent to an activating group) is 1. The summed E-state index contributed by atoms with van der Waals surface area (Å²) in [5.41, 5.74) is 0.900. The number of carbonyl (C=O) groups is 3. The highest BCUT2D eigenvalue weighted by Gasteiger charge is 2.38. The molecule has 0 spiro atoms. The second-order valence-corrected chi connectivity index (χ2v) is 10.7. The van der Waals surface area contributed by atoms with Crippen molar-refractivity contribution in [1.82, 2.24) is 20.9 Å². The average Bonchev–Trinajstić information content (AvgIpc) is 2.80. The third kappa shape index (κ3) is 8.08. The molecule has 2 heterocycles. The molecule has 200 valence electrons. The molecule has 3 rings (SSSR count). The standard InChI is InChI=1S/C28H44N4O4/c1-9-19(6)24(32(7)8)28(35)31-23-25(18(4)5)36-21-12-10-20(11-13-21)14-15-29-26(33)22(16-17(2)3)30-27(23)34/h10-15,17-19,22-25H,9,16H2,1-8H3,(H,29,33)(H,30,34)(H,31,35)/t19-,22-,23?,24+,25-/m0/s1. The highest BCUT2D eigenvalue weighted by atomic mass is 16.5. The summed E-state index contributed by atoms with van der Waals surface area (Å²) in [6.45, 7) is 12.0. The number of ether oxygens (including phenoxy) is 1. The van der Waals surface area contributed by atoms with Crippen LogP contribution in [-0.4, -0.2) is 60.9 Å². The predicted molar refractivity (Wildman–Crippen MR) is 143 cm³/mol. The molecule has 0 aliphatic carbocycles. The molecule has 2 aliphatic rings. The molecule has 5 atom stereocenters. The van der Waals surface area contributed by atoms with Crippen LogP contribution in [0.25, 0.3) is 6.08 Å². The van der Waals surface area contributed by atoms with E-state index in [4.69, 9.17) is 4.74 Å². The van der Waals surface area contributed by atoms with Crippen molar-refractivity contribution in [2.75, 3.05) is 14.1 Å². The molecule has 2 aliphatic heterocycles. The molecule has 8 nitrogen and oxygen atoms in total. The van der Waals surface area contributed by atoms with Crippen molar-refractivity contribution in [3.8, 4) is 5.75 Å². The van der Waals surface area contributed by atoms with Gasteiger partial charge in [0.15, 0.2) is 0 Å². The van der Waals surface area contributed by atoms with E-state index in [0.717, 1.165) is 12.0 Å². The molecule has 0 fully saturated rings. The van der Waals surface area contributed by atoms with Gasteiger partial charge in [-0.05, 0) is 62.0 Å². The Morgan fingerprint density at radius 2 is 1.69 bits per heavy atom. The molecule has 1 aromatic carbocycles. The summed E-state index contributed by atoms with van der Waals surface area (Å²) in [6, 6.07) is 5.24. The fourth-order valence-corrected chi connectivity index (χ4v) is 4.45. The molecule has 0 radical (unpaired) electrons. The van der Waals surface area contributed by atoms with Crippen LogP contribution in [-0.2, 0) is 14.4 Å². The van der Waals surface area contributed by atoms with Crippen molar-refractivity contribution in [2.45, 2.75) is 78.6 Å². The Kier molecular flexibility index (Phi) is 11.0. The zero-order chi connectivity index (χ0) is 27.0. The first-order valence-corrected chi connectivity index (χ1v) is 12.9. The first kappa shape index (κ1) is 29.4. The topological polar surface area (TPSA) is 99.8 Å². The first-order chi connectivity index (χ1) is 16.9. The fraction of sp³-hybridized carbons (Fsp3) is 0.607. The Morgan fingerprint density at radius 3 is 2.22 bits per heavy atom. The Morgan fingerprint density at radius 1 is 1.06 bits per heavy atom. The zero-order valence-electron chi connectivity index (χ0n) is 23.0. The van der Waals surface area contributed by atoms with E-state index in [9.17, 15) is 14.4 Å². The summed E-state index contributed by atoms with van der Waals surface area (Å²) in [6.07, 6.45) is 3.99. The van der Waals surface area contributed by atoms with Crippen molar-refractivity contribution in [3.63, 3.8) is 0 Å². The molecular formula is C28H44N4O4. The minimum Gasteiger partial charge on any atom is -0.487 e. The Balaban J connectivity index is 2.52. The summed E-state index contributed by atoms with van der Waals surface area (Å²) in [7, 11) is 3.72. The van der Waals surface area contributed by atoms with Gasteiger partial charge in [0, 0.05) is 6.20 Å². The highest BCUT2D eigenvalue weighted by molar-refractivity contribution is 5.94. The Bertz CT molecular complexity index is 911. The maximum Gasteiger partial charge on any atom is 0.247 e. The molecule has 3 amide bonds. The third-order valence-electron chi connectivity index (χ3n) is 6.57. The van der Waals surface area contributed by atoms with Crippen LogP contribution >= 0.6 is 0 Å². The maximum absolute atomic E-state index is 13.7. The van der Waals surface area contributed by atoms with E-state index in [2.05, 4.69) is 16.0 Å². The molecule has 0 aromatic heterocycles. The second-order valence-electron chi connectivity index (χ2n) is 10.7. The maximum atomic E-state index is 13.7. The van der Waals surface area contributed by atoms with Crippen molar-refractivity contribution in [1.29, 1.82) is 0 Å². The number of benzene rings is 1. The molecule has 1 aromatic rings. The van der Waals surface area contributed by atoms with E-state index in [1.807, 2.05) is 84.8 Å². The normalized spacial score (nSPS) is 22.6. The zero-order valence-corrected chi connectivity index (χ0v) is 23.0. The first-order valence-electron chi connectivity index (χ1n) is 12.9. The van der Waals surface area contributed by atoms with Crippen LogP contribution in [0.1, 0.15) is 59.9 Å². The lowest BCUT2D eigenvalue weighted by Gasteiger charge is -2.35. The van der Waals surface area contributed by atoms with Gasteiger partial charge in [0.25, 0.3) is 0 Å². The summed E-state index contributed by atoms with van der Waals surface area (Å²) < 4.78 is 6.31. The van der Waals surface area contributed by atoms with Crippen molar-refractivity contribution in [3.05, 3.63) is 36.0 Å². The van der Waals surface area contributed by atoms with Crippen molar-refractivity contribution in [2.24, 2.45) is 17.8 Å². The minimum atomic E-state index is -0.996. The molecule has 0 saturated heterocycles. The van der Waals surface area contributed by atoms with Gasteiger partial charge in [-0.2, -0.15) is 0 Å². The van der Waals surface area contributed by atoms with E-state index in [1.54, 1.807) is 12.3 Å². The lowest BCUT2D eigenvalue weighted by molar-refractivity contribution is -0.137. The summed E-state index contributed by atoms with van der Waals surface area (Å²) in [4.78, 5) is 42.1.